The van der Waals surface area contributed by atoms with Gasteiger partial charge in [0.05, 0.1) is 23.7 Å². The fourth-order valence-electron chi connectivity index (χ4n) is 3.99. The molecule has 4 rings (SSSR count). The normalized spacial score (nSPS) is 16.9. The first kappa shape index (κ1) is 20.7. The number of β-amino-alcohol motifs (C(OH)–C–C–N with tert-alkyl or cyclic N) is 1. The van der Waals surface area contributed by atoms with Gasteiger partial charge in [0.1, 0.15) is 0 Å². The standard InChI is InChI=1S/C22H25F3N4O/c1-16-6-8-17(9-7-16)28-12-10-27(11-13-28)14-18(30)15-29-20-5-3-2-4-19(20)26-21(29)22(23,24)25/h2-9,18,30H,10-15H2,1H3/t18-/m1/s1. The molecule has 160 valence electrons. The molecular weight excluding hydrogens is 393 g/mol. The van der Waals surface area contributed by atoms with Crippen LogP contribution in [0.4, 0.5) is 18.9 Å². The number of halogens is 3. The largest absolute Gasteiger partial charge is 0.449 e. The number of fused-ring (bicyclic) bond motifs is 1. The maximum atomic E-state index is 13.4. The van der Waals surface area contributed by atoms with Gasteiger partial charge in [-0.1, -0.05) is 29.8 Å². The first-order valence-corrected chi connectivity index (χ1v) is 10.1. The SMILES string of the molecule is Cc1ccc(N2CCN(C[C@@H](O)Cn3c(C(F)(F)F)nc4ccccc43)CC2)cc1. The van der Waals surface area contributed by atoms with Gasteiger partial charge in [-0.05, 0) is 31.2 Å². The molecule has 1 aromatic heterocycles. The van der Waals surface area contributed by atoms with Crippen molar-refractivity contribution in [3.05, 3.63) is 59.9 Å². The van der Waals surface area contributed by atoms with Crippen LogP contribution in [-0.2, 0) is 12.7 Å². The third kappa shape index (κ3) is 4.44. The van der Waals surface area contributed by atoms with Gasteiger partial charge in [0.25, 0.3) is 0 Å². The molecular formula is C22H25F3N4O. The molecule has 0 saturated carbocycles. The molecule has 1 aliphatic rings. The summed E-state index contributed by atoms with van der Waals surface area (Å²) in [6.45, 7) is 5.37. The molecule has 1 atom stereocenters. The van der Waals surface area contributed by atoms with Crippen LogP contribution in [0.2, 0.25) is 0 Å². The molecule has 0 amide bonds. The van der Waals surface area contributed by atoms with Gasteiger partial charge in [-0.3, -0.25) is 4.90 Å². The highest BCUT2D eigenvalue weighted by Gasteiger charge is 2.38. The summed E-state index contributed by atoms with van der Waals surface area (Å²) < 4.78 is 41.4. The molecule has 1 aliphatic heterocycles. The van der Waals surface area contributed by atoms with Crippen LogP contribution in [0.25, 0.3) is 11.0 Å². The van der Waals surface area contributed by atoms with E-state index in [-0.39, 0.29) is 12.1 Å². The van der Waals surface area contributed by atoms with Crippen LogP contribution in [0.5, 0.6) is 0 Å². The Morgan fingerprint density at radius 3 is 2.30 bits per heavy atom. The van der Waals surface area contributed by atoms with Gasteiger partial charge in [-0.15, -0.1) is 0 Å². The van der Waals surface area contributed by atoms with Gasteiger partial charge in [-0.25, -0.2) is 4.98 Å². The van der Waals surface area contributed by atoms with Crippen LogP contribution in [0.1, 0.15) is 11.4 Å². The van der Waals surface area contributed by atoms with E-state index in [4.69, 9.17) is 0 Å². The minimum atomic E-state index is -4.57. The summed E-state index contributed by atoms with van der Waals surface area (Å²) in [4.78, 5) is 8.12. The Morgan fingerprint density at radius 2 is 1.63 bits per heavy atom. The van der Waals surface area contributed by atoms with E-state index in [1.807, 2.05) is 0 Å². The number of alkyl halides is 3. The van der Waals surface area contributed by atoms with Crippen molar-refractivity contribution in [2.75, 3.05) is 37.6 Å². The molecule has 1 N–H and O–H groups in total. The topological polar surface area (TPSA) is 44.5 Å². The highest BCUT2D eigenvalue weighted by molar-refractivity contribution is 5.76. The third-order valence-corrected chi connectivity index (χ3v) is 5.54. The molecule has 0 spiro atoms. The smallest absolute Gasteiger partial charge is 0.390 e. The Bertz CT molecular complexity index is 992. The number of aliphatic hydroxyl groups excluding tert-OH is 1. The van der Waals surface area contributed by atoms with E-state index in [9.17, 15) is 18.3 Å². The molecule has 2 aromatic carbocycles. The second-order valence-electron chi connectivity index (χ2n) is 7.81. The minimum Gasteiger partial charge on any atom is -0.390 e. The van der Waals surface area contributed by atoms with Crippen LogP contribution >= 0.6 is 0 Å². The van der Waals surface area contributed by atoms with Crippen LogP contribution in [0.3, 0.4) is 0 Å². The summed E-state index contributed by atoms with van der Waals surface area (Å²) in [6, 6.07) is 14.9. The summed E-state index contributed by atoms with van der Waals surface area (Å²) in [7, 11) is 0. The quantitative estimate of drug-likeness (QED) is 0.688. The number of aliphatic hydroxyl groups is 1. The van der Waals surface area contributed by atoms with Crippen molar-refractivity contribution in [3.63, 3.8) is 0 Å². The maximum absolute atomic E-state index is 13.4. The average Bonchev–Trinajstić information content (AvgIpc) is 3.08. The van der Waals surface area contributed by atoms with Crippen LogP contribution < -0.4 is 4.90 Å². The summed E-state index contributed by atoms with van der Waals surface area (Å²) in [5.74, 6) is -0.966. The van der Waals surface area contributed by atoms with E-state index in [0.717, 1.165) is 30.7 Å². The predicted octanol–water partition coefficient (Wildman–Crippen LogP) is 3.55. The number of hydrogen-bond donors (Lipinski definition) is 1. The van der Waals surface area contributed by atoms with Crippen molar-refractivity contribution in [1.29, 1.82) is 0 Å². The zero-order valence-corrected chi connectivity index (χ0v) is 16.8. The summed E-state index contributed by atoms with van der Waals surface area (Å²) in [6.07, 6.45) is -5.49. The van der Waals surface area contributed by atoms with E-state index in [1.54, 1.807) is 24.3 Å². The van der Waals surface area contributed by atoms with Crippen molar-refractivity contribution in [1.82, 2.24) is 14.5 Å². The Hall–Kier alpha value is -2.58. The number of hydrogen-bond acceptors (Lipinski definition) is 4. The Labute approximate surface area is 173 Å². The number of anilines is 1. The highest BCUT2D eigenvalue weighted by atomic mass is 19.4. The van der Waals surface area contributed by atoms with Crippen LogP contribution in [0.15, 0.2) is 48.5 Å². The van der Waals surface area contributed by atoms with Gasteiger partial charge in [0.15, 0.2) is 0 Å². The predicted molar refractivity (Wildman–Crippen MR) is 111 cm³/mol. The lowest BCUT2D eigenvalue weighted by atomic mass is 10.2. The fraction of sp³-hybridized carbons (Fsp3) is 0.409. The fourth-order valence-corrected chi connectivity index (χ4v) is 3.99. The molecule has 1 saturated heterocycles. The van der Waals surface area contributed by atoms with Crippen molar-refractivity contribution < 1.29 is 18.3 Å². The molecule has 0 aliphatic carbocycles. The van der Waals surface area contributed by atoms with Crippen molar-refractivity contribution in [3.8, 4) is 0 Å². The van der Waals surface area contributed by atoms with E-state index in [2.05, 4.69) is 46.0 Å². The Morgan fingerprint density at radius 1 is 0.967 bits per heavy atom. The molecule has 0 unspecified atom stereocenters. The monoisotopic (exact) mass is 418 g/mol. The Kier molecular flexibility index (Phi) is 5.71. The molecule has 0 bridgehead atoms. The first-order chi connectivity index (χ1) is 14.3. The first-order valence-electron chi connectivity index (χ1n) is 10.1. The van der Waals surface area contributed by atoms with E-state index in [0.29, 0.717) is 12.1 Å². The van der Waals surface area contributed by atoms with Gasteiger partial charge in [0.2, 0.25) is 5.82 Å². The molecule has 5 nitrogen and oxygen atoms in total. The third-order valence-electron chi connectivity index (χ3n) is 5.54. The lowest BCUT2D eigenvalue weighted by Gasteiger charge is -2.37. The molecule has 0 radical (unpaired) electrons. The average molecular weight is 418 g/mol. The summed E-state index contributed by atoms with van der Waals surface area (Å²) in [5, 5.41) is 10.6. The molecule has 2 heterocycles. The van der Waals surface area contributed by atoms with Gasteiger partial charge in [0, 0.05) is 38.4 Å². The molecule has 30 heavy (non-hydrogen) atoms. The number of para-hydroxylation sites is 2. The number of piperazine rings is 1. The van der Waals surface area contributed by atoms with Crippen LogP contribution in [-0.4, -0.2) is 58.4 Å². The highest BCUT2D eigenvalue weighted by Crippen LogP contribution is 2.31. The number of benzene rings is 2. The van der Waals surface area contributed by atoms with Crippen molar-refractivity contribution in [2.24, 2.45) is 0 Å². The van der Waals surface area contributed by atoms with Crippen LogP contribution in [0, 0.1) is 6.92 Å². The van der Waals surface area contributed by atoms with Gasteiger partial charge in [-0.2, -0.15) is 13.2 Å². The number of aromatic nitrogens is 2. The van der Waals surface area contributed by atoms with Crippen molar-refractivity contribution >= 4 is 16.7 Å². The second kappa shape index (κ2) is 8.28. The summed E-state index contributed by atoms with van der Waals surface area (Å²) >= 11 is 0. The zero-order valence-electron chi connectivity index (χ0n) is 16.8. The summed E-state index contributed by atoms with van der Waals surface area (Å²) in [5.41, 5.74) is 3.04. The minimum absolute atomic E-state index is 0.145. The van der Waals surface area contributed by atoms with Crippen molar-refractivity contribution in [2.45, 2.75) is 25.7 Å². The van der Waals surface area contributed by atoms with Gasteiger partial charge < -0.3 is 14.6 Å². The molecule has 3 aromatic rings. The van der Waals surface area contributed by atoms with E-state index in [1.165, 1.54) is 11.3 Å². The van der Waals surface area contributed by atoms with E-state index >= 15 is 0 Å². The Balaban J connectivity index is 1.40. The maximum Gasteiger partial charge on any atom is 0.449 e. The second-order valence-corrected chi connectivity index (χ2v) is 7.81. The number of aryl methyl sites for hydroxylation is 1. The number of imidazole rings is 1. The van der Waals surface area contributed by atoms with E-state index < -0.39 is 18.1 Å². The number of rotatable bonds is 5. The lowest BCUT2D eigenvalue weighted by Crippen LogP contribution is -2.49. The molecule has 1 fully saturated rings. The number of nitrogens with zero attached hydrogens (tertiary/aromatic N) is 4. The molecule has 8 heteroatoms. The zero-order chi connectivity index (χ0) is 21.3. The lowest BCUT2D eigenvalue weighted by molar-refractivity contribution is -0.147. The van der Waals surface area contributed by atoms with Gasteiger partial charge >= 0.3 is 6.18 Å².